The third kappa shape index (κ3) is 4.30. The van der Waals surface area contributed by atoms with Crippen molar-refractivity contribution in [2.24, 2.45) is 0 Å². The zero-order chi connectivity index (χ0) is 22.8. The van der Waals surface area contributed by atoms with Gasteiger partial charge in [0, 0.05) is 11.1 Å². The van der Waals surface area contributed by atoms with Crippen molar-refractivity contribution in [2.45, 2.75) is 49.7 Å². The molecule has 1 aliphatic heterocycles. The maximum atomic E-state index is 14.4. The summed E-state index contributed by atoms with van der Waals surface area (Å²) < 4.78 is 14.4. The van der Waals surface area contributed by atoms with E-state index in [4.69, 9.17) is 11.6 Å². The first-order valence-corrected chi connectivity index (χ1v) is 11.9. The summed E-state index contributed by atoms with van der Waals surface area (Å²) in [5.41, 5.74) is 2.21. The van der Waals surface area contributed by atoms with Crippen LogP contribution in [-0.4, -0.2) is 11.9 Å². The molecule has 1 fully saturated rings. The number of hydrogen-bond acceptors (Lipinski definition) is 3. The van der Waals surface area contributed by atoms with Gasteiger partial charge in [0.25, 0.3) is 0 Å². The number of halogens is 2. The molecule has 1 unspecified atom stereocenters. The van der Waals surface area contributed by atoms with E-state index >= 15 is 0 Å². The molecule has 1 heterocycles. The molecule has 5 rings (SSSR count). The van der Waals surface area contributed by atoms with Gasteiger partial charge in [0.2, 0.25) is 5.91 Å². The quantitative estimate of drug-likeness (QED) is 0.410. The van der Waals surface area contributed by atoms with Crippen LogP contribution in [0.4, 0.5) is 15.8 Å². The SMILES string of the molecule is O=C(NC1CCCCC1)C(c1cccc(F)c1)C1(c2ccc(Cl)cc2)Nc2ccccc2N1. The summed E-state index contributed by atoms with van der Waals surface area (Å²) in [6.45, 7) is 0. The summed E-state index contributed by atoms with van der Waals surface area (Å²) in [7, 11) is 0. The lowest BCUT2D eigenvalue weighted by Crippen LogP contribution is -2.52. The molecule has 4 nitrogen and oxygen atoms in total. The predicted octanol–water partition coefficient (Wildman–Crippen LogP) is 6.40. The Morgan fingerprint density at radius 2 is 1.61 bits per heavy atom. The van der Waals surface area contributed by atoms with Gasteiger partial charge in [-0.25, -0.2) is 4.39 Å². The second-order valence-electron chi connectivity index (χ2n) is 8.94. The normalized spacial score (nSPS) is 18.0. The number of carbonyl (C=O) groups excluding carboxylic acids is 1. The number of para-hydroxylation sites is 2. The highest BCUT2D eigenvalue weighted by molar-refractivity contribution is 6.30. The van der Waals surface area contributed by atoms with E-state index < -0.39 is 11.6 Å². The summed E-state index contributed by atoms with van der Waals surface area (Å²) in [5, 5.41) is 11.1. The van der Waals surface area contributed by atoms with E-state index in [1.165, 1.54) is 18.6 Å². The zero-order valence-electron chi connectivity index (χ0n) is 18.3. The van der Waals surface area contributed by atoms with Crippen LogP contribution in [0.25, 0.3) is 0 Å². The van der Waals surface area contributed by atoms with Gasteiger partial charge in [-0.15, -0.1) is 0 Å². The van der Waals surface area contributed by atoms with E-state index in [-0.39, 0.29) is 17.8 Å². The fraction of sp³-hybridized carbons (Fsp3) is 0.296. The average molecular weight is 464 g/mol. The van der Waals surface area contributed by atoms with E-state index in [0.717, 1.165) is 42.6 Å². The van der Waals surface area contributed by atoms with Crippen molar-refractivity contribution in [3.63, 3.8) is 0 Å². The first kappa shape index (κ1) is 21.8. The Morgan fingerprint density at radius 1 is 0.939 bits per heavy atom. The number of amides is 1. The fourth-order valence-electron chi connectivity index (χ4n) is 5.14. The Hall–Kier alpha value is -3.05. The molecular weight excluding hydrogens is 437 g/mol. The van der Waals surface area contributed by atoms with Gasteiger partial charge >= 0.3 is 0 Å². The monoisotopic (exact) mass is 463 g/mol. The summed E-state index contributed by atoms with van der Waals surface area (Å²) >= 11 is 6.19. The van der Waals surface area contributed by atoms with Gasteiger partial charge < -0.3 is 16.0 Å². The van der Waals surface area contributed by atoms with Gasteiger partial charge in [-0.05, 0) is 60.4 Å². The second-order valence-corrected chi connectivity index (χ2v) is 9.38. The number of rotatable bonds is 5. The van der Waals surface area contributed by atoms with Crippen molar-refractivity contribution in [1.29, 1.82) is 0 Å². The van der Waals surface area contributed by atoms with Crippen molar-refractivity contribution in [2.75, 3.05) is 10.6 Å². The Morgan fingerprint density at radius 3 is 2.24 bits per heavy atom. The van der Waals surface area contributed by atoms with Gasteiger partial charge in [0.15, 0.2) is 5.66 Å². The minimum absolute atomic E-state index is 0.129. The predicted molar refractivity (Wildman–Crippen MR) is 131 cm³/mol. The summed E-state index contributed by atoms with van der Waals surface area (Å²) in [6, 6.07) is 21.8. The van der Waals surface area contributed by atoms with Gasteiger partial charge in [-0.3, -0.25) is 4.79 Å². The van der Waals surface area contributed by atoms with E-state index in [1.54, 1.807) is 6.07 Å². The number of hydrogen-bond donors (Lipinski definition) is 3. The molecule has 3 aromatic rings. The van der Waals surface area contributed by atoms with Crippen LogP contribution < -0.4 is 16.0 Å². The molecule has 0 radical (unpaired) electrons. The second kappa shape index (κ2) is 9.06. The number of carbonyl (C=O) groups is 1. The Kier molecular flexibility index (Phi) is 5.98. The fourth-order valence-corrected chi connectivity index (χ4v) is 5.27. The smallest absolute Gasteiger partial charge is 0.232 e. The largest absolute Gasteiger partial charge is 0.356 e. The van der Waals surface area contributed by atoms with Crippen LogP contribution in [0.5, 0.6) is 0 Å². The van der Waals surface area contributed by atoms with Crippen molar-refractivity contribution in [1.82, 2.24) is 5.32 Å². The average Bonchev–Trinajstić information content (AvgIpc) is 3.20. The van der Waals surface area contributed by atoms with Crippen LogP contribution >= 0.6 is 11.6 Å². The van der Waals surface area contributed by atoms with Crippen LogP contribution in [0.1, 0.15) is 49.1 Å². The Labute approximate surface area is 198 Å². The lowest BCUT2D eigenvalue weighted by molar-refractivity contribution is -0.124. The van der Waals surface area contributed by atoms with Crippen molar-refractivity contribution < 1.29 is 9.18 Å². The van der Waals surface area contributed by atoms with Gasteiger partial charge in [-0.2, -0.15) is 0 Å². The molecule has 3 N–H and O–H groups in total. The van der Waals surface area contributed by atoms with Crippen LogP contribution in [0.15, 0.2) is 72.8 Å². The Balaban J connectivity index is 1.63. The zero-order valence-corrected chi connectivity index (χ0v) is 19.0. The lowest BCUT2D eigenvalue weighted by atomic mass is 9.80. The maximum absolute atomic E-state index is 14.4. The van der Waals surface area contributed by atoms with Crippen LogP contribution in [0.3, 0.4) is 0 Å². The molecule has 1 aliphatic carbocycles. The lowest BCUT2D eigenvalue weighted by Gasteiger charge is -2.39. The number of benzene rings is 3. The molecule has 0 saturated heterocycles. The molecule has 0 bridgehead atoms. The van der Waals surface area contributed by atoms with E-state index in [9.17, 15) is 9.18 Å². The molecule has 2 aliphatic rings. The van der Waals surface area contributed by atoms with Gasteiger partial charge in [0.1, 0.15) is 11.7 Å². The molecule has 3 aromatic carbocycles. The van der Waals surface area contributed by atoms with E-state index in [1.807, 2.05) is 54.6 Å². The molecule has 6 heteroatoms. The molecule has 1 saturated carbocycles. The highest BCUT2D eigenvalue weighted by Crippen LogP contribution is 2.48. The molecule has 33 heavy (non-hydrogen) atoms. The summed E-state index contributed by atoms with van der Waals surface area (Å²) in [5.74, 6) is -1.23. The maximum Gasteiger partial charge on any atom is 0.232 e. The number of anilines is 2. The van der Waals surface area contributed by atoms with Crippen molar-refractivity contribution in [3.8, 4) is 0 Å². The third-order valence-corrected chi connectivity index (χ3v) is 6.97. The topological polar surface area (TPSA) is 53.2 Å². The van der Waals surface area contributed by atoms with Crippen LogP contribution in [-0.2, 0) is 10.5 Å². The molecule has 1 atom stereocenters. The van der Waals surface area contributed by atoms with E-state index in [2.05, 4.69) is 16.0 Å². The molecule has 170 valence electrons. The standard InChI is InChI=1S/C27H27ClFN3O/c28-20-15-13-19(14-16-20)27(31-23-11-4-5-12-24(23)32-27)25(18-7-6-8-21(29)17-18)26(33)30-22-9-2-1-3-10-22/h4-8,11-17,22,25,31-32H,1-3,9-10H2,(H,30,33). The first-order valence-electron chi connectivity index (χ1n) is 11.5. The minimum atomic E-state index is -1.01. The third-order valence-electron chi connectivity index (χ3n) is 6.72. The highest BCUT2D eigenvalue weighted by Gasteiger charge is 2.49. The Bertz CT molecular complexity index is 1120. The number of nitrogens with one attached hydrogen (secondary N) is 3. The van der Waals surface area contributed by atoms with Gasteiger partial charge in [-0.1, -0.05) is 67.3 Å². The highest BCUT2D eigenvalue weighted by atomic mass is 35.5. The summed E-state index contributed by atoms with van der Waals surface area (Å²) in [6.07, 6.45) is 5.36. The molecule has 0 spiro atoms. The van der Waals surface area contributed by atoms with E-state index in [0.29, 0.717) is 10.6 Å². The number of fused-ring (bicyclic) bond motifs is 1. The van der Waals surface area contributed by atoms with Gasteiger partial charge in [0.05, 0.1) is 11.4 Å². The van der Waals surface area contributed by atoms with Crippen LogP contribution in [0, 0.1) is 5.82 Å². The minimum Gasteiger partial charge on any atom is -0.356 e. The van der Waals surface area contributed by atoms with Crippen molar-refractivity contribution in [3.05, 3.63) is 94.8 Å². The van der Waals surface area contributed by atoms with Crippen LogP contribution in [0.2, 0.25) is 5.02 Å². The molecular formula is C27H27ClFN3O. The molecule has 1 amide bonds. The first-order chi connectivity index (χ1) is 16.0. The summed E-state index contributed by atoms with van der Waals surface area (Å²) in [4.78, 5) is 14.0. The molecule has 0 aromatic heterocycles. The van der Waals surface area contributed by atoms with Crippen molar-refractivity contribution >= 4 is 28.9 Å².